The summed E-state index contributed by atoms with van der Waals surface area (Å²) in [7, 11) is 0. The molecule has 190 valence electrons. The molecule has 2 aliphatic rings. The van der Waals surface area contributed by atoms with Gasteiger partial charge in [0, 0.05) is 6.54 Å². The highest BCUT2D eigenvalue weighted by Crippen LogP contribution is 2.36. The standard InChI is InChI=1S/C28H32N2O6/c1-18(26(32)30-17-9-16-23(30)27(33)34)29-25(31)21-14-8-15-22(21)28(35)36-24(19-10-4-2-5-11-19)20-12-6-3-7-13-20/h2-7,10-13,18,21-24H,8-9,14-17H2,1H3,(H,29,31)(H,33,34)/t18-,21+,22+,23-/m0/s1. The Bertz CT molecular complexity index is 1050. The van der Waals surface area contributed by atoms with Gasteiger partial charge in [0.2, 0.25) is 11.8 Å². The summed E-state index contributed by atoms with van der Waals surface area (Å²) in [6, 6.07) is 17.2. The van der Waals surface area contributed by atoms with E-state index in [0.717, 1.165) is 11.1 Å². The first kappa shape index (κ1) is 25.4. The van der Waals surface area contributed by atoms with Crippen molar-refractivity contribution in [2.45, 2.75) is 57.2 Å². The molecule has 36 heavy (non-hydrogen) atoms. The van der Waals surface area contributed by atoms with E-state index >= 15 is 0 Å². The minimum atomic E-state index is -1.04. The van der Waals surface area contributed by atoms with Crippen LogP contribution in [0, 0.1) is 11.8 Å². The molecule has 2 fully saturated rings. The smallest absolute Gasteiger partial charge is 0.326 e. The van der Waals surface area contributed by atoms with Gasteiger partial charge in [-0.05, 0) is 43.7 Å². The third-order valence-corrected chi connectivity index (χ3v) is 7.14. The molecule has 0 unspecified atom stereocenters. The van der Waals surface area contributed by atoms with Gasteiger partial charge < -0.3 is 20.1 Å². The number of carboxylic acid groups (broad SMARTS) is 1. The van der Waals surface area contributed by atoms with Crippen molar-refractivity contribution in [3.05, 3.63) is 71.8 Å². The third kappa shape index (κ3) is 5.58. The van der Waals surface area contributed by atoms with Gasteiger partial charge in [0.05, 0.1) is 11.8 Å². The van der Waals surface area contributed by atoms with Crippen LogP contribution < -0.4 is 5.32 Å². The van der Waals surface area contributed by atoms with Gasteiger partial charge in [0.1, 0.15) is 12.1 Å². The summed E-state index contributed by atoms with van der Waals surface area (Å²) >= 11 is 0. The first-order valence-electron chi connectivity index (χ1n) is 12.5. The Labute approximate surface area is 210 Å². The van der Waals surface area contributed by atoms with Gasteiger partial charge in [0.15, 0.2) is 6.10 Å². The first-order chi connectivity index (χ1) is 17.4. The Morgan fingerprint density at radius 1 is 0.889 bits per heavy atom. The molecule has 2 amide bonds. The molecule has 8 nitrogen and oxygen atoms in total. The van der Waals surface area contributed by atoms with Crippen LogP contribution in [0.25, 0.3) is 0 Å². The summed E-state index contributed by atoms with van der Waals surface area (Å²) in [5, 5.41) is 12.1. The Balaban J connectivity index is 1.43. The molecule has 2 N–H and O–H groups in total. The molecular weight excluding hydrogens is 460 g/mol. The zero-order valence-corrected chi connectivity index (χ0v) is 20.3. The van der Waals surface area contributed by atoms with Crippen LogP contribution in [-0.2, 0) is 23.9 Å². The van der Waals surface area contributed by atoms with Crippen LogP contribution in [0.3, 0.4) is 0 Å². The highest BCUT2D eigenvalue weighted by Gasteiger charge is 2.42. The number of carbonyl (C=O) groups excluding carboxylic acids is 3. The fourth-order valence-electron chi connectivity index (χ4n) is 5.26. The molecular formula is C28H32N2O6. The van der Waals surface area contributed by atoms with E-state index in [0.29, 0.717) is 38.6 Å². The van der Waals surface area contributed by atoms with Gasteiger partial charge in [0.25, 0.3) is 0 Å². The Morgan fingerprint density at radius 3 is 2.06 bits per heavy atom. The quantitative estimate of drug-likeness (QED) is 0.547. The van der Waals surface area contributed by atoms with E-state index in [1.165, 1.54) is 4.90 Å². The number of benzene rings is 2. The molecule has 2 aromatic rings. The lowest BCUT2D eigenvalue weighted by molar-refractivity contribution is -0.156. The van der Waals surface area contributed by atoms with Crippen molar-refractivity contribution in [2.75, 3.05) is 6.54 Å². The molecule has 1 aliphatic carbocycles. The number of ether oxygens (including phenoxy) is 1. The molecule has 0 radical (unpaired) electrons. The second kappa shape index (κ2) is 11.4. The summed E-state index contributed by atoms with van der Waals surface area (Å²) in [6.45, 7) is 1.91. The SMILES string of the molecule is C[C@H](NC(=O)[C@@H]1CCC[C@H]1C(=O)OC(c1ccccc1)c1ccccc1)C(=O)N1CCC[C@H]1C(=O)O. The van der Waals surface area contributed by atoms with Crippen LogP contribution in [0.5, 0.6) is 0 Å². The summed E-state index contributed by atoms with van der Waals surface area (Å²) in [4.78, 5) is 52.1. The number of hydrogen-bond donors (Lipinski definition) is 2. The van der Waals surface area contributed by atoms with Crippen molar-refractivity contribution < 1.29 is 29.0 Å². The Kier molecular flexibility index (Phi) is 8.03. The van der Waals surface area contributed by atoms with Crippen LogP contribution in [0.2, 0.25) is 0 Å². The van der Waals surface area contributed by atoms with E-state index in [1.807, 2.05) is 60.7 Å². The fourth-order valence-corrected chi connectivity index (χ4v) is 5.26. The molecule has 0 spiro atoms. The van der Waals surface area contributed by atoms with Crippen molar-refractivity contribution in [3.63, 3.8) is 0 Å². The van der Waals surface area contributed by atoms with Crippen molar-refractivity contribution in [2.24, 2.45) is 11.8 Å². The molecule has 0 bridgehead atoms. The van der Waals surface area contributed by atoms with Crippen molar-refractivity contribution in [1.29, 1.82) is 0 Å². The number of esters is 1. The lowest BCUT2D eigenvalue weighted by Crippen LogP contribution is -2.51. The number of nitrogens with one attached hydrogen (secondary N) is 1. The molecule has 1 heterocycles. The normalized spacial score (nSPS) is 22.3. The number of carbonyl (C=O) groups is 4. The molecule has 1 saturated heterocycles. The lowest BCUT2D eigenvalue weighted by Gasteiger charge is -2.27. The number of nitrogens with zero attached hydrogens (tertiary/aromatic N) is 1. The molecule has 4 atom stereocenters. The summed E-state index contributed by atoms with van der Waals surface area (Å²) in [5.41, 5.74) is 1.68. The topological polar surface area (TPSA) is 113 Å². The molecule has 1 aliphatic heterocycles. The van der Waals surface area contributed by atoms with Gasteiger partial charge in [-0.3, -0.25) is 14.4 Å². The van der Waals surface area contributed by atoms with Gasteiger partial charge in [-0.1, -0.05) is 67.1 Å². The monoisotopic (exact) mass is 492 g/mol. The molecule has 1 saturated carbocycles. The van der Waals surface area contributed by atoms with Gasteiger partial charge in [-0.25, -0.2) is 4.79 Å². The number of carboxylic acids is 1. The average Bonchev–Trinajstić information content (AvgIpc) is 3.58. The highest BCUT2D eigenvalue weighted by molar-refractivity contribution is 5.92. The van der Waals surface area contributed by atoms with Crippen LogP contribution in [0.15, 0.2) is 60.7 Å². The number of aliphatic carboxylic acids is 1. The number of rotatable bonds is 8. The van der Waals surface area contributed by atoms with Crippen LogP contribution in [0.1, 0.15) is 56.3 Å². The van der Waals surface area contributed by atoms with Gasteiger partial charge >= 0.3 is 11.9 Å². The number of hydrogen-bond acceptors (Lipinski definition) is 5. The van der Waals surface area contributed by atoms with E-state index in [-0.39, 0.29) is 5.91 Å². The van der Waals surface area contributed by atoms with E-state index in [2.05, 4.69) is 5.32 Å². The zero-order valence-electron chi connectivity index (χ0n) is 20.3. The Hall–Kier alpha value is -3.68. The molecule has 2 aromatic carbocycles. The predicted molar refractivity (Wildman–Crippen MR) is 132 cm³/mol. The van der Waals surface area contributed by atoms with Crippen LogP contribution in [0.4, 0.5) is 0 Å². The largest absolute Gasteiger partial charge is 0.480 e. The van der Waals surface area contributed by atoms with Crippen LogP contribution in [-0.4, -0.2) is 52.4 Å². The lowest BCUT2D eigenvalue weighted by atomic mass is 9.94. The second-order valence-electron chi connectivity index (χ2n) is 9.54. The van der Waals surface area contributed by atoms with Crippen LogP contribution >= 0.6 is 0 Å². The second-order valence-corrected chi connectivity index (χ2v) is 9.54. The van der Waals surface area contributed by atoms with E-state index in [4.69, 9.17) is 4.74 Å². The third-order valence-electron chi connectivity index (χ3n) is 7.14. The zero-order chi connectivity index (χ0) is 25.7. The number of amides is 2. The van der Waals surface area contributed by atoms with E-state index in [1.54, 1.807) is 6.92 Å². The fraction of sp³-hybridized carbons (Fsp3) is 0.429. The van der Waals surface area contributed by atoms with Crippen molar-refractivity contribution in [1.82, 2.24) is 10.2 Å². The predicted octanol–water partition coefficient (Wildman–Crippen LogP) is 3.32. The van der Waals surface area contributed by atoms with E-state index in [9.17, 15) is 24.3 Å². The van der Waals surface area contributed by atoms with Gasteiger partial charge in [-0.2, -0.15) is 0 Å². The summed E-state index contributed by atoms with van der Waals surface area (Å²) < 4.78 is 6.00. The highest BCUT2D eigenvalue weighted by atomic mass is 16.5. The molecule has 0 aromatic heterocycles. The van der Waals surface area contributed by atoms with E-state index < -0.39 is 47.9 Å². The maximum absolute atomic E-state index is 13.3. The van der Waals surface area contributed by atoms with Crippen molar-refractivity contribution >= 4 is 23.8 Å². The maximum Gasteiger partial charge on any atom is 0.326 e. The molecule has 8 heteroatoms. The first-order valence-corrected chi connectivity index (χ1v) is 12.5. The van der Waals surface area contributed by atoms with Gasteiger partial charge in [-0.15, -0.1) is 0 Å². The maximum atomic E-state index is 13.3. The average molecular weight is 493 g/mol. The molecule has 4 rings (SSSR count). The number of likely N-dealkylation sites (tertiary alicyclic amines) is 1. The minimum Gasteiger partial charge on any atom is -0.480 e. The minimum absolute atomic E-state index is 0.356. The Morgan fingerprint density at radius 2 is 1.47 bits per heavy atom. The summed E-state index contributed by atoms with van der Waals surface area (Å²) in [5.74, 6) is -3.48. The van der Waals surface area contributed by atoms with Crippen molar-refractivity contribution in [3.8, 4) is 0 Å². The summed E-state index contributed by atoms with van der Waals surface area (Å²) in [6.07, 6.45) is 2.19.